The van der Waals surface area contributed by atoms with Crippen LogP contribution in [0.3, 0.4) is 0 Å². The Balaban J connectivity index is 1.98. The maximum absolute atomic E-state index is 12.6. The van der Waals surface area contributed by atoms with Crippen molar-refractivity contribution in [2.24, 2.45) is 0 Å². The molecular weight excluding hydrogens is 304 g/mol. The van der Waals surface area contributed by atoms with Crippen molar-refractivity contribution < 1.29 is 4.79 Å². The maximum atomic E-state index is 12.6. The van der Waals surface area contributed by atoms with E-state index in [1.165, 1.54) is 5.56 Å². The number of benzene rings is 1. The molecule has 0 N–H and O–H groups in total. The zero-order valence-corrected chi connectivity index (χ0v) is 12.1. The van der Waals surface area contributed by atoms with Crippen LogP contribution in [0.15, 0.2) is 41.0 Å². The molecule has 0 saturated heterocycles. The molecule has 96 valence electrons. The van der Waals surface area contributed by atoms with Crippen molar-refractivity contribution in [3.8, 4) is 0 Å². The van der Waals surface area contributed by atoms with Crippen molar-refractivity contribution in [1.29, 1.82) is 0 Å². The van der Waals surface area contributed by atoms with E-state index in [2.05, 4.69) is 27.0 Å². The number of fused-ring (bicyclic) bond motifs is 1. The van der Waals surface area contributed by atoms with Crippen molar-refractivity contribution in [3.05, 3.63) is 57.8 Å². The Labute approximate surface area is 120 Å². The fourth-order valence-electron chi connectivity index (χ4n) is 2.44. The zero-order valence-electron chi connectivity index (χ0n) is 10.6. The van der Waals surface area contributed by atoms with Gasteiger partial charge in [0.05, 0.1) is 0 Å². The van der Waals surface area contributed by atoms with E-state index in [1.807, 2.05) is 36.1 Å². The highest BCUT2D eigenvalue weighted by atomic mass is 79.9. The van der Waals surface area contributed by atoms with E-state index in [-0.39, 0.29) is 5.91 Å². The van der Waals surface area contributed by atoms with E-state index < -0.39 is 0 Å². The number of halogens is 1. The second-order valence-electron chi connectivity index (χ2n) is 4.65. The maximum Gasteiger partial charge on any atom is 0.277 e. The Bertz CT molecular complexity index is 654. The van der Waals surface area contributed by atoms with Crippen LogP contribution in [0.2, 0.25) is 0 Å². The average molecular weight is 317 g/mol. The van der Waals surface area contributed by atoms with Crippen LogP contribution >= 0.6 is 15.9 Å². The molecule has 1 amide bonds. The second kappa shape index (κ2) is 4.78. The summed E-state index contributed by atoms with van der Waals surface area (Å²) in [5.41, 5.74) is 3.66. The van der Waals surface area contributed by atoms with Crippen LogP contribution in [-0.2, 0) is 6.42 Å². The van der Waals surface area contributed by atoms with Crippen molar-refractivity contribution in [3.63, 3.8) is 0 Å². The Kier molecular flexibility index (Phi) is 3.11. The number of para-hydroxylation sites is 1. The number of aromatic nitrogens is 1. The van der Waals surface area contributed by atoms with Crippen LogP contribution in [0.4, 0.5) is 5.69 Å². The lowest BCUT2D eigenvalue weighted by atomic mass is 10.1. The molecule has 3 nitrogen and oxygen atoms in total. The van der Waals surface area contributed by atoms with Crippen LogP contribution in [0.1, 0.15) is 21.6 Å². The van der Waals surface area contributed by atoms with Crippen LogP contribution in [-0.4, -0.2) is 17.4 Å². The lowest BCUT2D eigenvalue weighted by Gasteiger charge is -2.17. The van der Waals surface area contributed by atoms with Gasteiger partial charge in [0.15, 0.2) is 0 Å². The Hall–Kier alpha value is -1.68. The predicted molar refractivity (Wildman–Crippen MR) is 78.5 cm³/mol. The minimum atomic E-state index is -0.0186. The molecule has 0 fully saturated rings. The Morgan fingerprint density at radius 2 is 2.16 bits per heavy atom. The fourth-order valence-corrected chi connectivity index (χ4v) is 2.89. The number of pyridine rings is 1. The van der Waals surface area contributed by atoms with Gasteiger partial charge in [-0.25, -0.2) is 4.98 Å². The topological polar surface area (TPSA) is 33.2 Å². The Morgan fingerprint density at radius 3 is 2.95 bits per heavy atom. The highest BCUT2D eigenvalue weighted by Gasteiger charge is 2.26. The smallest absolute Gasteiger partial charge is 0.277 e. The highest BCUT2D eigenvalue weighted by molar-refractivity contribution is 9.10. The number of hydrogen-bond acceptors (Lipinski definition) is 2. The van der Waals surface area contributed by atoms with Gasteiger partial charge >= 0.3 is 0 Å². The first-order valence-corrected chi connectivity index (χ1v) is 6.98. The van der Waals surface area contributed by atoms with Crippen molar-refractivity contribution in [2.75, 3.05) is 11.4 Å². The highest BCUT2D eigenvalue weighted by Crippen LogP contribution is 2.29. The lowest BCUT2D eigenvalue weighted by molar-refractivity contribution is 0.0984. The molecular formula is C15H13BrN2O. The van der Waals surface area contributed by atoms with Crippen LogP contribution in [0.25, 0.3) is 0 Å². The molecule has 0 spiro atoms. The number of amides is 1. The average Bonchev–Trinajstić information content (AvgIpc) is 2.82. The molecule has 3 rings (SSSR count). The van der Waals surface area contributed by atoms with Crippen LogP contribution in [0, 0.1) is 6.92 Å². The zero-order chi connectivity index (χ0) is 13.4. The van der Waals surface area contributed by atoms with Crippen LogP contribution < -0.4 is 4.90 Å². The molecule has 4 heteroatoms. The summed E-state index contributed by atoms with van der Waals surface area (Å²) in [5, 5.41) is 0. The largest absolute Gasteiger partial charge is 0.306 e. The molecule has 19 heavy (non-hydrogen) atoms. The SMILES string of the molecule is Cc1cc(Br)cnc1C(=O)N1CCc2ccccc21. The minimum absolute atomic E-state index is 0.0186. The summed E-state index contributed by atoms with van der Waals surface area (Å²) >= 11 is 3.37. The molecule has 1 aliphatic rings. The molecule has 0 bridgehead atoms. The first-order chi connectivity index (χ1) is 9.16. The van der Waals surface area contributed by atoms with Gasteiger partial charge < -0.3 is 4.90 Å². The normalized spacial score (nSPS) is 13.5. The summed E-state index contributed by atoms with van der Waals surface area (Å²) < 4.78 is 0.892. The second-order valence-corrected chi connectivity index (χ2v) is 5.57. The first-order valence-electron chi connectivity index (χ1n) is 6.19. The van der Waals surface area contributed by atoms with E-state index in [1.54, 1.807) is 6.20 Å². The number of hydrogen-bond donors (Lipinski definition) is 0. The molecule has 2 aromatic rings. The summed E-state index contributed by atoms with van der Waals surface area (Å²) in [6.07, 6.45) is 2.58. The van der Waals surface area contributed by atoms with Gasteiger partial charge in [-0.1, -0.05) is 18.2 Å². The third-order valence-corrected chi connectivity index (χ3v) is 3.81. The summed E-state index contributed by atoms with van der Waals surface area (Å²) in [6, 6.07) is 9.96. The number of carbonyl (C=O) groups is 1. The third kappa shape index (κ3) is 2.16. The van der Waals surface area contributed by atoms with Gasteiger partial charge in [-0.15, -0.1) is 0 Å². The Morgan fingerprint density at radius 1 is 1.37 bits per heavy atom. The third-order valence-electron chi connectivity index (χ3n) is 3.38. The molecule has 2 heterocycles. The number of nitrogens with zero attached hydrogens (tertiary/aromatic N) is 2. The number of rotatable bonds is 1. The quantitative estimate of drug-likeness (QED) is 0.808. The van der Waals surface area contributed by atoms with Gasteiger partial charge in [0.2, 0.25) is 0 Å². The van der Waals surface area contributed by atoms with Gasteiger partial charge in [0.25, 0.3) is 5.91 Å². The van der Waals surface area contributed by atoms with Crippen LogP contribution in [0.5, 0.6) is 0 Å². The number of anilines is 1. The monoisotopic (exact) mass is 316 g/mol. The number of aryl methyl sites for hydroxylation is 1. The van der Waals surface area contributed by atoms with Gasteiger partial charge in [-0.2, -0.15) is 0 Å². The van der Waals surface area contributed by atoms with E-state index in [4.69, 9.17) is 0 Å². The number of carbonyl (C=O) groups excluding carboxylic acids is 1. The van der Waals surface area contributed by atoms with Gasteiger partial charge in [0.1, 0.15) is 5.69 Å². The van der Waals surface area contributed by atoms with Crippen molar-refractivity contribution >= 4 is 27.5 Å². The summed E-state index contributed by atoms with van der Waals surface area (Å²) in [6.45, 7) is 2.64. The summed E-state index contributed by atoms with van der Waals surface area (Å²) in [5.74, 6) is -0.0186. The van der Waals surface area contributed by atoms with E-state index in [0.717, 1.165) is 28.7 Å². The van der Waals surface area contributed by atoms with Crippen molar-refractivity contribution in [1.82, 2.24) is 4.98 Å². The molecule has 1 aromatic carbocycles. The minimum Gasteiger partial charge on any atom is -0.306 e. The molecule has 0 unspecified atom stereocenters. The lowest BCUT2D eigenvalue weighted by Crippen LogP contribution is -2.30. The molecule has 0 atom stereocenters. The van der Waals surface area contributed by atoms with Gasteiger partial charge in [-0.3, -0.25) is 4.79 Å². The molecule has 0 saturated carbocycles. The first kappa shape index (κ1) is 12.4. The standard InChI is InChI=1S/C15H13BrN2O/c1-10-8-12(16)9-17-14(10)15(19)18-7-6-11-4-2-3-5-13(11)18/h2-5,8-9H,6-7H2,1H3. The van der Waals surface area contributed by atoms with E-state index in [0.29, 0.717) is 5.69 Å². The van der Waals surface area contributed by atoms with Gasteiger partial charge in [0, 0.05) is 22.9 Å². The van der Waals surface area contributed by atoms with E-state index >= 15 is 0 Å². The molecule has 1 aliphatic heterocycles. The van der Waals surface area contributed by atoms with E-state index in [9.17, 15) is 4.79 Å². The molecule has 0 radical (unpaired) electrons. The molecule has 1 aromatic heterocycles. The predicted octanol–water partition coefficient (Wildman–Crippen LogP) is 3.36. The summed E-state index contributed by atoms with van der Waals surface area (Å²) in [7, 11) is 0. The summed E-state index contributed by atoms with van der Waals surface area (Å²) in [4.78, 5) is 18.7. The fraction of sp³-hybridized carbons (Fsp3) is 0.200. The van der Waals surface area contributed by atoms with Gasteiger partial charge in [-0.05, 0) is 52.5 Å². The van der Waals surface area contributed by atoms with Crippen molar-refractivity contribution in [2.45, 2.75) is 13.3 Å². The molecule has 0 aliphatic carbocycles.